The zero-order chi connectivity index (χ0) is 22.7. The Morgan fingerprint density at radius 1 is 0.824 bits per heavy atom. The third kappa shape index (κ3) is 4.48. The molecule has 1 aliphatic carbocycles. The molecule has 2 aliphatic rings. The van der Waals surface area contributed by atoms with Gasteiger partial charge in [0.15, 0.2) is 0 Å². The minimum Gasteiger partial charge on any atom is -0.474 e. The number of H-pyrrole nitrogens is 1. The average molecular weight is 456 g/mol. The Balaban J connectivity index is 1.28. The maximum absolute atomic E-state index is 6.12. The van der Waals surface area contributed by atoms with E-state index in [-0.39, 0.29) is 6.10 Å². The molecule has 7 nitrogen and oxygen atoms in total. The molecule has 0 radical (unpaired) electrons. The van der Waals surface area contributed by atoms with E-state index in [2.05, 4.69) is 33.5 Å². The van der Waals surface area contributed by atoms with Gasteiger partial charge in [-0.25, -0.2) is 9.97 Å². The van der Waals surface area contributed by atoms with Gasteiger partial charge >= 0.3 is 0 Å². The summed E-state index contributed by atoms with van der Waals surface area (Å²) in [5.41, 5.74) is 4.77. The van der Waals surface area contributed by atoms with Crippen LogP contribution in [0.1, 0.15) is 38.5 Å². The van der Waals surface area contributed by atoms with Gasteiger partial charge in [0.05, 0.1) is 23.8 Å². The van der Waals surface area contributed by atoms with Crippen molar-refractivity contribution in [3.05, 3.63) is 55.0 Å². The summed E-state index contributed by atoms with van der Waals surface area (Å²) >= 11 is 0. The van der Waals surface area contributed by atoms with E-state index in [4.69, 9.17) is 19.4 Å². The number of nitrogens with one attached hydrogen (secondary N) is 2. The van der Waals surface area contributed by atoms with E-state index in [9.17, 15) is 0 Å². The van der Waals surface area contributed by atoms with Gasteiger partial charge in [-0.3, -0.25) is 4.98 Å². The van der Waals surface area contributed by atoms with Crippen LogP contribution in [0.3, 0.4) is 0 Å². The standard InChI is InChI=1S/C27H29N5O2/c1-2-6-19(5-1)33-26-9-3-8-23(31-26)18-10-11-24-21(13-18)22(15-30-24)25-16-29-17-27(32-25)34-20-7-4-12-28-14-20/h3,8-11,13,15-17,19-20,28,30H,1-2,4-7,12,14H2/t20-/m1/s1. The zero-order valence-electron chi connectivity index (χ0n) is 19.2. The molecule has 1 atom stereocenters. The van der Waals surface area contributed by atoms with Gasteiger partial charge in [0.25, 0.3) is 0 Å². The van der Waals surface area contributed by atoms with Crippen LogP contribution >= 0.6 is 0 Å². The van der Waals surface area contributed by atoms with Crippen LogP contribution in [0.25, 0.3) is 33.4 Å². The van der Waals surface area contributed by atoms with Crippen LogP contribution < -0.4 is 14.8 Å². The van der Waals surface area contributed by atoms with Gasteiger partial charge < -0.3 is 19.8 Å². The largest absolute Gasteiger partial charge is 0.474 e. The molecule has 6 rings (SSSR count). The molecule has 2 N–H and O–H groups in total. The number of fused-ring (bicyclic) bond motifs is 1. The molecule has 7 heteroatoms. The van der Waals surface area contributed by atoms with Crippen LogP contribution in [-0.2, 0) is 0 Å². The lowest BCUT2D eigenvalue weighted by molar-refractivity contribution is 0.160. The lowest BCUT2D eigenvalue weighted by Crippen LogP contribution is -2.37. The highest BCUT2D eigenvalue weighted by molar-refractivity contribution is 5.96. The number of aromatic amines is 1. The summed E-state index contributed by atoms with van der Waals surface area (Å²) in [6, 6.07) is 12.3. The lowest BCUT2D eigenvalue weighted by Gasteiger charge is -2.23. The minimum atomic E-state index is 0.137. The molecule has 174 valence electrons. The Morgan fingerprint density at radius 3 is 2.56 bits per heavy atom. The van der Waals surface area contributed by atoms with Gasteiger partial charge in [-0.05, 0) is 63.3 Å². The molecule has 4 aromatic rings. The van der Waals surface area contributed by atoms with E-state index in [1.165, 1.54) is 12.8 Å². The number of ether oxygens (including phenoxy) is 2. The fraction of sp³-hybridized carbons (Fsp3) is 0.370. The number of pyridine rings is 1. The monoisotopic (exact) mass is 455 g/mol. The molecular formula is C27H29N5O2. The van der Waals surface area contributed by atoms with Crippen molar-refractivity contribution in [2.24, 2.45) is 0 Å². The third-order valence-electron chi connectivity index (χ3n) is 6.72. The first-order valence-corrected chi connectivity index (χ1v) is 12.3. The Morgan fingerprint density at radius 2 is 1.68 bits per heavy atom. The summed E-state index contributed by atoms with van der Waals surface area (Å²) in [5, 5.41) is 4.45. The topological polar surface area (TPSA) is 85.0 Å². The van der Waals surface area contributed by atoms with Crippen LogP contribution in [0.15, 0.2) is 55.0 Å². The summed E-state index contributed by atoms with van der Waals surface area (Å²) in [6.07, 6.45) is 12.8. The second-order valence-electron chi connectivity index (χ2n) is 9.18. The number of rotatable bonds is 6. The van der Waals surface area contributed by atoms with E-state index < -0.39 is 0 Å². The molecule has 3 aromatic heterocycles. The maximum Gasteiger partial charge on any atom is 0.233 e. The van der Waals surface area contributed by atoms with Crippen LogP contribution in [-0.4, -0.2) is 45.2 Å². The second kappa shape index (κ2) is 9.43. The van der Waals surface area contributed by atoms with Gasteiger partial charge in [0.2, 0.25) is 11.8 Å². The number of aromatic nitrogens is 4. The van der Waals surface area contributed by atoms with Crippen LogP contribution in [0.5, 0.6) is 11.8 Å². The third-order valence-corrected chi connectivity index (χ3v) is 6.72. The number of hydrogen-bond acceptors (Lipinski definition) is 6. The summed E-state index contributed by atoms with van der Waals surface area (Å²) in [6.45, 7) is 1.90. The molecular weight excluding hydrogens is 426 g/mol. The van der Waals surface area contributed by atoms with Crippen molar-refractivity contribution in [3.8, 4) is 34.3 Å². The van der Waals surface area contributed by atoms with Crippen LogP contribution in [0.4, 0.5) is 0 Å². The molecule has 2 fully saturated rings. The summed E-state index contributed by atoms with van der Waals surface area (Å²) in [7, 11) is 0. The number of piperidine rings is 1. The van der Waals surface area contributed by atoms with Gasteiger partial charge in [-0.1, -0.05) is 12.1 Å². The fourth-order valence-corrected chi connectivity index (χ4v) is 4.94. The zero-order valence-corrected chi connectivity index (χ0v) is 19.2. The Hall–Kier alpha value is -3.45. The molecule has 34 heavy (non-hydrogen) atoms. The number of nitrogens with zero attached hydrogens (tertiary/aromatic N) is 3. The van der Waals surface area contributed by atoms with Crippen molar-refractivity contribution in [2.45, 2.75) is 50.7 Å². The predicted molar refractivity (Wildman–Crippen MR) is 132 cm³/mol. The molecule has 0 unspecified atom stereocenters. The fourth-order valence-electron chi connectivity index (χ4n) is 4.94. The second-order valence-corrected chi connectivity index (χ2v) is 9.18. The Labute approximate surface area is 199 Å². The smallest absolute Gasteiger partial charge is 0.233 e. The first kappa shape index (κ1) is 21.1. The van der Waals surface area contributed by atoms with Crippen LogP contribution in [0.2, 0.25) is 0 Å². The average Bonchev–Trinajstić information content (AvgIpc) is 3.54. The predicted octanol–water partition coefficient (Wildman–Crippen LogP) is 5.14. The summed E-state index contributed by atoms with van der Waals surface area (Å²) < 4.78 is 12.2. The van der Waals surface area contributed by atoms with E-state index in [1.54, 1.807) is 12.4 Å². The summed E-state index contributed by atoms with van der Waals surface area (Å²) in [4.78, 5) is 17.3. The van der Waals surface area contributed by atoms with Crippen molar-refractivity contribution < 1.29 is 9.47 Å². The highest BCUT2D eigenvalue weighted by atomic mass is 16.5. The normalized spacial score (nSPS) is 18.9. The highest BCUT2D eigenvalue weighted by Crippen LogP contribution is 2.32. The van der Waals surface area contributed by atoms with Crippen molar-refractivity contribution in [1.82, 2.24) is 25.3 Å². The molecule has 1 saturated carbocycles. The first-order chi connectivity index (χ1) is 16.8. The van der Waals surface area contributed by atoms with Crippen molar-refractivity contribution in [1.29, 1.82) is 0 Å². The lowest BCUT2D eigenvalue weighted by atomic mass is 10.1. The van der Waals surface area contributed by atoms with Crippen molar-refractivity contribution in [3.63, 3.8) is 0 Å². The molecule has 0 bridgehead atoms. The quantitative estimate of drug-likeness (QED) is 0.419. The SMILES string of the molecule is c1cc(OC2CCCC2)nc(-c2ccc3[nH]cc(-c4cncc(O[C@@H]5CCCNC5)n4)c3c2)c1. The molecule has 4 heterocycles. The van der Waals surface area contributed by atoms with Crippen LogP contribution in [0, 0.1) is 0 Å². The molecule has 1 aliphatic heterocycles. The maximum atomic E-state index is 6.12. The van der Waals surface area contributed by atoms with Gasteiger partial charge in [0.1, 0.15) is 12.2 Å². The minimum absolute atomic E-state index is 0.137. The van der Waals surface area contributed by atoms with E-state index in [0.717, 1.165) is 72.2 Å². The van der Waals surface area contributed by atoms with Gasteiger partial charge in [-0.2, -0.15) is 0 Å². The van der Waals surface area contributed by atoms with E-state index in [1.807, 2.05) is 24.4 Å². The van der Waals surface area contributed by atoms with Gasteiger partial charge in [-0.15, -0.1) is 0 Å². The first-order valence-electron chi connectivity index (χ1n) is 12.3. The van der Waals surface area contributed by atoms with E-state index >= 15 is 0 Å². The molecule has 1 saturated heterocycles. The van der Waals surface area contributed by atoms with Crippen molar-refractivity contribution >= 4 is 10.9 Å². The van der Waals surface area contributed by atoms with Gasteiger partial charge in [0, 0.05) is 40.8 Å². The highest BCUT2D eigenvalue weighted by Gasteiger charge is 2.18. The number of benzene rings is 1. The Kier molecular flexibility index (Phi) is 5.85. The van der Waals surface area contributed by atoms with E-state index in [0.29, 0.717) is 17.9 Å². The van der Waals surface area contributed by atoms with Crippen molar-refractivity contribution in [2.75, 3.05) is 13.1 Å². The molecule has 0 spiro atoms. The summed E-state index contributed by atoms with van der Waals surface area (Å²) in [5.74, 6) is 1.27. The Bertz CT molecular complexity index is 1280. The molecule has 1 aromatic carbocycles. The molecule has 0 amide bonds. The number of hydrogen-bond donors (Lipinski definition) is 2.